The first-order valence-electron chi connectivity index (χ1n) is 6.61. The SMILES string of the molecule is CCNCCC(CO)C1CCCCC1C. The standard InChI is InChI=1S/C13H27NO/c1-3-14-9-8-12(10-15)13-7-5-4-6-11(13)2/h11-15H,3-10H2,1-2H3. The molecule has 3 atom stereocenters. The van der Waals surface area contributed by atoms with Gasteiger partial charge in [-0.1, -0.05) is 33.1 Å². The van der Waals surface area contributed by atoms with Crippen LogP contribution in [-0.4, -0.2) is 24.8 Å². The van der Waals surface area contributed by atoms with E-state index in [-0.39, 0.29) is 0 Å². The monoisotopic (exact) mass is 213 g/mol. The van der Waals surface area contributed by atoms with E-state index in [1.165, 1.54) is 25.7 Å². The smallest absolute Gasteiger partial charge is 0.0462 e. The molecular weight excluding hydrogens is 186 g/mol. The van der Waals surface area contributed by atoms with Gasteiger partial charge in [-0.2, -0.15) is 0 Å². The normalized spacial score (nSPS) is 29.0. The zero-order valence-corrected chi connectivity index (χ0v) is 10.3. The second-order valence-electron chi connectivity index (χ2n) is 5.01. The first-order valence-corrected chi connectivity index (χ1v) is 6.61. The van der Waals surface area contributed by atoms with Gasteiger partial charge in [-0.05, 0) is 43.7 Å². The molecule has 2 N–H and O–H groups in total. The molecule has 2 nitrogen and oxygen atoms in total. The number of hydrogen-bond donors (Lipinski definition) is 2. The molecule has 1 aliphatic carbocycles. The molecular formula is C13H27NO. The lowest BCUT2D eigenvalue weighted by Crippen LogP contribution is -2.30. The van der Waals surface area contributed by atoms with Crippen molar-refractivity contribution < 1.29 is 5.11 Å². The van der Waals surface area contributed by atoms with Gasteiger partial charge in [0.25, 0.3) is 0 Å². The Morgan fingerprint density at radius 2 is 2.07 bits per heavy atom. The first kappa shape index (κ1) is 13.0. The summed E-state index contributed by atoms with van der Waals surface area (Å²) in [6.45, 7) is 6.97. The highest BCUT2D eigenvalue weighted by molar-refractivity contribution is 4.78. The molecule has 1 aliphatic rings. The molecule has 0 aromatic rings. The summed E-state index contributed by atoms with van der Waals surface area (Å²) in [4.78, 5) is 0. The summed E-state index contributed by atoms with van der Waals surface area (Å²) in [6.07, 6.45) is 6.59. The quantitative estimate of drug-likeness (QED) is 0.664. The van der Waals surface area contributed by atoms with E-state index in [1.54, 1.807) is 0 Å². The molecule has 15 heavy (non-hydrogen) atoms. The Kier molecular flexibility index (Phi) is 6.26. The van der Waals surface area contributed by atoms with Crippen LogP contribution in [0.5, 0.6) is 0 Å². The lowest BCUT2D eigenvalue weighted by Gasteiger charge is -2.34. The van der Waals surface area contributed by atoms with E-state index in [9.17, 15) is 5.11 Å². The van der Waals surface area contributed by atoms with Crippen LogP contribution >= 0.6 is 0 Å². The van der Waals surface area contributed by atoms with Gasteiger partial charge in [0.15, 0.2) is 0 Å². The Morgan fingerprint density at radius 1 is 1.33 bits per heavy atom. The molecule has 3 unspecified atom stereocenters. The highest BCUT2D eigenvalue weighted by Crippen LogP contribution is 2.35. The predicted octanol–water partition coefficient (Wildman–Crippen LogP) is 2.42. The topological polar surface area (TPSA) is 32.3 Å². The minimum Gasteiger partial charge on any atom is -0.396 e. The van der Waals surface area contributed by atoms with Crippen LogP contribution in [-0.2, 0) is 0 Å². The van der Waals surface area contributed by atoms with E-state index >= 15 is 0 Å². The largest absolute Gasteiger partial charge is 0.396 e. The van der Waals surface area contributed by atoms with Crippen LogP contribution < -0.4 is 5.32 Å². The molecule has 1 fully saturated rings. The van der Waals surface area contributed by atoms with Crippen molar-refractivity contribution in [2.75, 3.05) is 19.7 Å². The Bertz CT molecular complexity index is 161. The third-order valence-electron chi connectivity index (χ3n) is 3.96. The molecule has 1 rings (SSSR count). The van der Waals surface area contributed by atoms with Gasteiger partial charge in [-0.15, -0.1) is 0 Å². The fourth-order valence-corrected chi connectivity index (χ4v) is 2.95. The van der Waals surface area contributed by atoms with Crippen LogP contribution in [0, 0.1) is 17.8 Å². The Labute approximate surface area is 94.5 Å². The van der Waals surface area contributed by atoms with Gasteiger partial charge in [0.05, 0.1) is 0 Å². The average molecular weight is 213 g/mol. The molecule has 0 aromatic carbocycles. The average Bonchev–Trinajstić information content (AvgIpc) is 2.26. The lowest BCUT2D eigenvalue weighted by molar-refractivity contribution is 0.103. The zero-order valence-electron chi connectivity index (χ0n) is 10.3. The minimum atomic E-state index is 0.375. The minimum absolute atomic E-state index is 0.375. The van der Waals surface area contributed by atoms with Crippen LogP contribution in [0.25, 0.3) is 0 Å². The number of aliphatic hydroxyl groups excluding tert-OH is 1. The first-order chi connectivity index (χ1) is 7.29. The number of aliphatic hydroxyl groups is 1. The summed E-state index contributed by atoms with van der Waals surface area (Å²) in [5, 5.41) is 12.8. The second kappa shape index (κ2) is 7.24. The van der Waals surface area contributed by atoms with E-state index in [1.807, 2.05) is 0 Å². The fraction of sp³-hybridized carbons (Fsp3) is 1.00. The summed E-state index contributed by atoms with van der Waals surface area (Å²) >= 11 is 0. The number of nitrogens with one attached hydrogen (secondary N) is 1. The second-order valence-corrected chi connectivity index (χ2v) is 5.01. The number of rotatable bonds is 6. The highest BCUT2D eigenvalue weighted by atomic mass is 16.3. The molecule has 0 spiro atoms. The Morgan fingerprint density at radius 3 is 2.67 bits per heavy atom. The van der Waals surface area contributed by atoms with Crippen molar-refractivity contribution in [1.29, 1.82) is 0 Å². The van der Waals surface area contributed by atoms with E-state index in [4.69, 9.17) is 0 Å². The summed E-state index contributed by atoms with van der Waals surface area (Å²) in [7, 11) is 0. The van der Waals surface area contributed by atoms with Crippen LogP contribution in [0.3, 0.4) is 0 Å². The van der Waals surface area contributed by atoms with Crippen LogP contribution in [0.15, 0.2) is 0 Å². The molecule has 2 heteroatoms. The summed E-state index contributed by atoms with van der Waals surface area (Å²) in [6, 6.07) is 0. The van der Waals surface area contributed by atoms with Gasteiger partial charge >= 0.3 is 0 Å². The van der Waals surface area contributed by atoms with Gasteiger partial charge in [-0.25, -0.2) is 0 Å². The van der Waals surface area contributed by atoms with Gasteiger partial charge in [-0.3, -0.25) is 0 Å². The zero-order chi connectivity index (χ0) is 11.1. The van der Waals surface area contributed by atoms with E-state index in [0.29, 0.717) is 12.5 Å². The molecule has 1 saturated carbocycles. The van der Waals surface area contributed by atoms with Crippen molar-refractivity contribution in [3.05, 3.63) is 0 Å². The van der Waals surface area contributed by atoms with Crippen molar-refractivity contribution in [3.8, 4) is 0 Å². The third kappa shape index (κ3) is 4.12. The van der Waals surface area contributed by atoms with E-state index < -0.39 is 0 Å². The fourth-order valence-electron chi connectivity index (χ4n) is 2.95. The van der Waals surface area contributed by atoms with E-state index in [0.717, 1.165) is 31.3 Å². The molecule has 0 saturated heterocycles. The Balaban J connectivity index is 2.34. The maximum absolute atomic E-state index is 9.47. The summed E-state index contributed by atoms with van der Waals surface area (Å²) in [5.74, 6) is 2.11. The molecule has 0 bridgehead atoms. The maximum Gasteiger partial charge on any atom is 0.0462 e. The summed E-state index contributed by atoms with van der Waals surface area (Å²) in [5.41, 5.74) is 0. The summed E-state index contributed by atoms with van der Waals surface area (Å²) < 4.78 is 0. The molecule has 0 aromatic heterocycles. The van der Waals surface area contributed by atoms with Gasteiger partial charge in [0.2, 0.25) is 0 Å². The molecule has 0 amide bonds. The molecule has 0 radical (unpaired) electrons. The van der Waals surface area contributed by atoms with Crippen LogP contribution in [0.4, 0.5) is 0 Å². The van der Waals surface area contributed by atoms with Crippen LogP contribution in [0.1, 0.15) is 46.0 Å². The van der Waals surface area contributed by atoms with E-state index in [2.05, 4.69) is 19.2 Å². The molecule has 90 valence electrons. The van der Waals surface area contributed by atoms with Gasteiger partial charge in [0, 0.05) is 6.61 Å². The third-order valence-corrected chi connectivity index (χ3v) is 3.96. The number of hydrogen-bond acceptors (Lipinski definition) is 2. The lowest BCUT2D eigenvalue weighted by atomic mass is 9.72. The van der Waals surface area contributed by atoms with Crippen molar-refractivity contribution in [2.45, 2.75) is 46.0 Å². The maximum atomic E-state index is 9.47. The van der Waals surface area contributed by atoms with Crippen molar-refractivity contribution in [3.63, 3.8) is 0 Å². The van der Waals surface area contributed by atoms with Crippen molar-refractivity contribution >= 4 is 0 Å². The highest BCUT2D eigenvalue weighted by Gasteiger charge is 2.28. The molecule has 0 aliphatic heterocycles. The van der Waals surface area contributed by atoms with Crippen molar-refractivity contribution in [1.82, 2.24) is 5.32 Å². The van der Waals surface area contributed by atoms with Crippen molar-refractivity contribution in [2.24, 2.45) is 17.8 Å². The van der Waals surface area contributed by atoms with Crippen LogP contribution in [0.2, 0.25) is 0 Å². The molecule has 0 heterocycles. The van der Waals surface area contributed by atoms with Gasteiger partial charge < -0.3 is 10.4 Å². The Hall–Kier alpha value is -0.0800. The van der Waals surface area contributed by atoms with Gasteiger partial charge in [0.1, 0.15) is 0 Å². The predicted molar refractivity (Wildman–Crippen MR) is 64.9 cm³/mol.